The number of benzene rings is 2. The van der Waals surface area contributed by atoms with Gasteiger partial charge in [-0.3, -0.25) is 0 Å². The zero-order valence-corrected chi connectivity index (χ0v) is 11.4. The van der Waals surface area contributed by atoms with Gasteiger partial charge in [0.25, 0.3) is 0 Å². The molecule has 0 bridgehead atoms. The Balaban J connectivity index is 1.84. The van der Waals surface area contributed by atoms with Crippen molar-refractivity contribution in [3.05, 3.63) is 71.8 Å². The van der Waals surface area contributed by atoms with Crippen LogP contribution in [0.5, 0.6) is 0 Å². The zero-order valence-electron chi connectivity index (χ0n) is 11.4. The highest BCUT2D eigenvalue weighted by Crippen LogP contribution is 2.28. The van der Waals surface area contributed by atoms with Crippen LogP contribution in [-0.2, 0) is 0 Å². The summed E-state index contributed by atoms with van der Waals surface area (Å²) in [5.74, 6) is -1.60. The Kier molecular flexibility index (Phi) is 3.33. The van der Waals surface area contributed by atoms with Crippen molar-refractivity contribution in [2.75, 3.05) is 16.5 Å². The van der Waals surface area contributed by atoms with Crippen LogP contribution in [0.2, 0.25) is 0 Å². The molecule has 1 aliphatic heterocycles. The summed E-state index contributed by atoms with van der Waals surface area (Å²) in [6.07, 6.45) is 3.30. The molecular weight excluding hydrogens is 277 g/mol. The normalized spacial score (nSPS) is 14.1. The van der Waals surface area contributed by atoms with Crippen LogP contribution >= 0.6 is 0 Å². The zero-order chi connectivity index (χ0) is 15.0. The van der Waals surface area contributed by atoms with E-state index in [1.54, 1.807) is 28.3 Å². The van der Waals surface area contributed by atoms with Crippen molar-refractivity contribution >= 4 is 11.4 Å². The first-order valence-corrected chi connectivity index (χ1v) is 6.47. The van der Waals surface area contributed by atoms with Crippen LogP contribution in [0.4, 0.5) is 24.5 Å². The Labute approximate surface area is 120 Å². The topological polar surface area (TPSA) is 6.48 Å². The molecule has 2 aromatic carbocycles. The second-order valence-electron chi connectivity index (χ2n) is 4.93. The molecule has 3 rings (SSSR count). The molecule has 2 nitrogen and oxygen atoms in total. The summed E-state index contributed by atoms with van der Waals surface area (Å²) in [4.78, 5) is 3.26. The van der Waals surface area contributed by atoms with E-state index in [1.807, 2.05) is 13.0 Å². The maximum absolute atomic E-state index is 13.9. The summed E-state index contributed by atoms with van der Waals surface area (Å²) in [5.41, 5.74) is 1.51. The first kappa shape index (κ1) is 13.5. The smallest absolute Gasteiger partial charge is 0.149 e. The van der Waals surface area contributed by atoms with Crippen molar-refractivity contribution in [1.82, 2.24) is 0 Å². The van der Waals surface area contributed by atoms with Crippen molar-refractivity contribution in [2.45, 2.75) is 6.92 Å². The molecule has 0 radical (unpaired) electrons. The van der Waals surface area contributed by atoms with Gasteiger partial charge in [0.2, 0.25) is 0 Å². The third-order valence-electron chi connectivity index (χ3n) is 3.36. The molecule has 0 aliphatic carbocycles. The fraction of sp³-hybridized carbons (Fsp3) is 0.125. The second-order valence-corrected chi connectivity index (χ2v) is 4.93. The summed E-state index contributed by atoms with van der Waals surface area (Å²) >= 11 is 0. The molecule has 5 heteroatoms. The largest absolute Gasteiger partial charge is 0.326 e. The third-order valence-corrected chi connectivity index (χ3v) is 3.36. The molecule has 0 fully saturated rings. The molecule has 0 amide bonds. The van der Waals surface area contributed by atoms with Gasteiger partial charge in [-0.15, -0.1) is 0 Å². The van der Waals surface area contributed by atoms with E-state index in [-0.39, 0.29) is 18.2 Å². The van der Waals surface area contributed by atoms with Crippen LogP contribution in [0.3, 0.4) is 0 Å². The molecule has 0 saturated carbocycles. The Hall–Kier alpha value is -2.43. The summed E-state index contributed by atoms with van der Waals surface area (Å²) in [6, 6.07) is 8.33. The van der Waals surface area contributed by atoms with Crippen molar-refractivity contribution < 1.29 is 13.2 Å². The Morgan fingerprint density at radius 3 is 1.95 bits per heavy atom. The van der Waals surface area contributed by atoms with Gasteiger partial charge in [0.05, 0.1) is 18.0 Å². The average molecular weight is 290 g/mol. The Morgan fingerprint density at radius 1 is 0.810 bits per heavy atom. The van der Waals surface area contributed by atoms with Crippen LogP contribution in [0, 0.1) is 24.4 Å². The van der Waals surface area contributed by atoms with Gasteiger partial charge in [0.15, 0.2) is 0 Å². The number of nitrogens with zero attached hydrogens (tertiary/aromatic N) is 2. The molecule has 0 unspecified atom stereocenters. The lowest BCUT2D eigenvalue weighted by Crippen LogP contribution is -2.25. The lowest BCUT2D eigenvalue weighted by Gasteiger charge is -2.22. The van der Waals surface area contributed by atoms with Gasteiger partial charge in [-0.1, -0.05) is 6.07 Å². The van der Waals surface area contributed by atoms with Crippen molar-refractivity contribution in [3.63, 3.8) is 0 Å². The van der Waals surface area contributed by atoms with Crippen LogP contribution < -0.4 is 9.80 Å². The lowest BCUT2D eigenvalue weighted by atomic mass is 10.2. The molecule has 1 aliphatic rings. The molecule has 0 atom stereocenters. The minimum atomic E-state index is -0.647. The predicted molar refractivity (Wildman–Crippen MR) is 76.5 cm³/mol. The molecule has 2 aromatic rings. The van der Waals surface area contributed by atoms with Crippen molar-refractivity contribution in [1.29, 1.82) is 0 Å². The maximum Gasteiger partial charge on any atom is 0.149 e. The van der Waals surface area contributed by atoms with Crippen LogP contribution in [0.15, 0.2) is 48.8 Å². The average Bonchev–Trinajstić information content (AvgIpc) is 2.87. The van der Waals surface area contributed by atoms with E-state index in [2.05, 4.69) is 0 Å². The number of aryl methyl sites for hydroxylation is 1. The van der Waals surface area contributed by atoms with Gasteiger partial charge >= 0.3 is 0 Å². The monoisotopic (exact) mass is 290 g/mol. The summed E-state index contributed by atoms with van der Waals surface area (Å²) < 4.78 is 40.6. The molecule has 1 heterocycles. The maximum atomic E-state index is 13.9. The number of anilines is 2. The Morgan fingerprint density at radius 2 is 1.38 bits per heavy atom. The predicted octanol–water partition coefficient (Wildman–Crippen LogP) is 4.17. The van der Waals surface area contributed by atoms with E-state index >= 15 is 0 Å². The molecule has 0 saturated heterocycles. The highest BCUT2D eigenvalue weighted by atomic mass is 19.1. The minimum Gasteiger partial charge on any atom is -0.326 e. The van der Waals surface area contributed by atoms with E-state index < -0.39 is 11.6 Å². The van der Waals surface area contributed by atoms with Gasteiger partial charge in [-0.2, -0.15) is 0 Å². The molecular formula is C16H13F3N2. The summed E-state index contributed by atoms with van der Waals surface area (Å²) in [5, 5.41) is 0. The quantitative estimate of drug-likeness (QED) is 0.819. The first-order valence-electron chi connectivity index (χ1n) is 6.47. The summed E-state index contributed by atoms with van der Waals surface area (Å²) in [7, 11) is 0. The number of hydrogen-bond donors (Lipinski definition) is 0. The SMILES string of the molecule is Cc1ccc(N2C=CN(c3ccc(F)cc3F)C2)c(F)c1. The van der Waals surface area contributed by atoms with Gasteiger partial charge in [-0.25, -0.2) is 13.2 Å². The molecule has 0 spiro atoms. The Bertz CT molecular complexity index is 653. The van der Waals surface area contributed by atoms with E-state index in [0.717, 1.165) is 11.6 Å². The molecule has 0 N–H and O–H groups in total. The van der Waals surface area contributed by atoms with E-state index in [4.69, 9.17) is 0 Å². The molecule has 21 heavy (non-hydrogen) atoms. The van der Waals surface area contributed by atoms with Crippen LogP contribution in [-0.4, -0.2) is 6.67 Å². The molecule has 108 valence electrons. The standard InChI is InChI=1S/C16H13F3N2/c1-11-2-4-15(13(18)8-11)20-6-7-21(10-20)16-5-3-12(17)9-14(16)19/h2-9H,10H2,1H3. The van der Waals surface area contributed by atoms with Crippen molar-refractivity contribution in [2.24, 2.45) is 0 Å². The number of halogens is 3. The molecule has 0 aromatic heterocycles. The van der Waals surface area contributed by atoms with Gasteiger partial charge in [-0.05, 0) is 36.8 Å². The van der Waals surface area contributed by atoms with Crippen LogP contribution in [0.1, 0.15) is 5.56 Å². The third kappa shape index (κ3) is 2.59. The minimum absolute atomic E-state index is 0.252. The van der Waals surface area contributed by atoms with Gasteiger partial charge < -0.3 is 9.80 Å². The second kappa shape index (κ2) is 5.16. The van der Waals surface area contributed by atoms with Gasteiger partial charge in [0, 0.05) is 18.5 Å². The fourth-order valence-corrected chi connectivity index (χ4v) is 2.29. The number of rotatable bonds is 2. The van der Waals surface area contributed by atoms with E-state index in [1.165, 1.54) is 18.2 Å². The number of hydrogen-bond acceptors (Lipinski definition) is 2. The fourth-order valence-electron chi connectivity index (χ4n) is 2.29. The van der Waals surface area contributed by atoms with E-state index in [0.29, 0.717) is 5.69 Å². The lowest BCUT2D eigenvalue weighted by molar-refractivity contribution is 0.582. The first-order chi connectivity index (χ1) is 10.0. The van der Waals surface area contributed by atoms with Crippen molar-refractivity contribution in [3.8, 4) is 0 Å². The highest BCUT2D eigenvalue weighted by molar-refractivity contribution is 5.60. The van der Waals surface area contributed by atoms with Crippen LogP contribution in [0.25, 0.3) is 0 Å². The van der Waals surface area contributed by atoms with Gasteiger partial charge in [0.1, 0.15) is 17.5 Å². The highest BCUT2D eigenvalue weighted by Gasteiger charge is 2.20. The van der Waals surface area contributed by atoms with E-state index in [9.17, 15) is 13.2 Å². The summed E-state index contributed by atoms with van der Waals surface area (Å²) in [6.45, 7) is 2.08.